The van der Waals surface area contributed by atoms with E-state index in [0.29, 0.717) is 12.0 Å². The number of nitrogens with zero attached hydrogens (tertiary/aromatic N) is 1. The molecule has 1 aromatic rings. The molecule has 2 rings (SSSR count). The number of hydrogen-bond donors (Lipinski definition) is 1. The molecule has 0 saturated carbocycles. The second-order valence-electron chi connectivity index (χ2n) is 4.63. The van der Waals surface area contributed by atoms with Gasteiger partial charge in [0, 0.05) is 31.6 Å². The molecule has 0 aromatic carbocycles. The molecule has 16 heavy (non-hydrogen) atoms. The summed E-state index contributed by atoms with van der Waals surface area (Å²) in [6.07, 6.45) is 6.09. The first-order valence-electron chi connectivity index (χ1n) is 6.01. The quantitative estimate of drug-likeness (QED) is 0.850. The number of aromatic nitrogens is 1. The SMILES string of the molecule is Cc1cncc(NC(C)C2CCOCC2)c1. The van der Waals surface area contributed by atoms with Crippen molar-refractivity contribution in [3.05, 3.63) is 24.0 Å². The van der Waals surface area contributed by atoms with Crippen molar-refractivity contribution in [1.29, 1.82) is 0 Å². The van der Waals surface area contributed by atoms with E-state index in [1.807, 2.05) is 12.4 Å². The van der Waals surface area contributed by atoms with Crippen LogP contribution in [-0.2, 0) is 4.74 Å². The molecular weight excluding hydrogens is 200 g/mol. The molecule has 0 spiro atoms. The van der Waals surface area contributed by atoms with Gasteiger partial charge in [-0.1, -0.05) is 0 Å². The zero-order valence-corrected chi connectivity index (χ0v) is 10.1. The van der Waals surface area contributed by atoms with E-state index in [1.54, 1.807) is 0 Å². The molecular formula is C13H20N2O. The van der Waals surface area contributed by atoms with E-state index < -0.39 is 0 Å². The van der Waals surface area contributed by atoms with E-state index in [2.05, 4.69) is 30.2 Å². The molecule has 1 aliphatic heterocycles. The fourth-order valence-electron chi connectivity index (χ4n) is 2.23. The van der Waals surface area contributed by atoms with Crippen molar-refractivity contribution in [1.82, 2.24) is 4.98 Å². The smallest absolute Gasteiger partial charge is 0.0531 e. The topological polar surface area (TPSA) is 34.2 Å². The molecule has 1 fully saturated rings. The zero-order chi connectivity index (χ0) is 11.4. The fourth-order valence-corrected chi connectivity index (χ4v) is 2.23. The average molecular weight is 220 g/mol. The van der Waals surface area contributed by atoms with Crippen LogP contribution in [0.3, 0.4) is 0 Å². The van der Waals surface area contributed by atoms with Gasteiger partial charge in [-0.15, -0.1) is 0 Å². The summed E-state index contributed by atoms with van der Waals surface area (Å²) in [6, 6.07) is 2.63. The molecule has 1 aromatic heterocycles. The Morgan fingerprint density at radius 2 is 2.12 bits per heavy atom. The van der Waals surface area contributed by atoms with E-state index in [0.717, 1.165) is 31.7 Å². The van der Waals surface area contributed by atoms with E-state index in [1.165, 1.54) is 5.56 Å². The molecule has 2 heterocycles. The Kier molecular flexibility index (Phi) is 3.78. The summed E-state index contributed by atoms with van der Waals surface area (Å²) in [5.74, 6) is 0.717. The van der Waals surface area contributed by atoms with Crippen molar-refractivity contribution >= 4 is 5.69 Å². The number of ether oxygens (including phenoxy) is 1. The summed E-state index contributed by atoms with van der Waals surface area (Å²) in [6.45, 7) is 6.13. The van der Waals surface area contributed by atoms with Gasteiger partial charge in [-0.25, -0.2) is 0 Å². The molecule has 3 heteroatoms. The molecule has 1 N–H and O–H groups in total. The normalized spacial score (nSPS) is 19.4. The number of pyridine rings is 1. The summed E-state index contributed by atoms with van der Waals surface area (Å²) < 4.78 is 5.38. The van der Waals surface area contributed by atoms with Crippen molar-refractivity contribution in [2.24, 2.45) is 5.92 Å². The molecule has 1 saturated heterocycles. The summed E-state index contributed by atoms with van der Waals surface area (Å²) in [7, 11) is 0. The van der Waals surface area contributed by atoms with Crippen LogP contribution in [0.25, 0.3) is 0 Å². The second-order valence-corrected chi connectivity index (χ2v) is 4.63. The summed E-state index contributed by atoms with van der Waals surface area (Å²) in [5.41, 5.74) is 2.32. The van der Waals surface area contributed by atoms with Crippen LogP contribution in [0.5, 0.6) is 0 Å². The number of nitrogens with one attached hydrogen (secondary N) is 1. The van der Waals surface area contributed by atoms with Gasteiger partial charge in [0.1, 0.15) is 0 Å². The van der Waals surface area contributed by atoms with Crippen LogP contribution >= 0.6 is 0 Å². The third-order valence-electron chi connectivity index (χ3n) is 3.24. The summed E-state index contributed by atoms with van der Waals surface area (Å²) >= 11 is 0. The maximum atomic E-state index is 5.38. The van der Waals surface area contributed by atoms with Gasteiger partial charge in [-0.05, 0) is 44.2 Å². The van der Waals surface area contributed by atoms with Gasteiger partial charge in [0.05, 0.1) is 5.69 Å². The standard InChI is InChI=1S/C13H20N2O/c1-10-7-13(9-14-8-10)15-11(2)12-3-5-16-6-4-12/h7-9,11-12,15H,3-6H2,1-2H3. The highest BCUT2D eigenvalue weighted by atomic mass is 16.5. The van der Waals surface area contributed by atoms with Gasteiger partial charge in [0.15, 0.2) is 0 Å². The van der Waals surface area contributed by atoms with Gasteiger partial charge < -0.3 is 10.1 Å². The van der Waals surface area contributed by atoms with Crippen LogP contribution in [0.2, 0.25) is 0 Å². The Balaban J connectivity index is 1.93. The average Bonchev–Trinajstić information content (AvgIpc) is 2.30. The lowest BCUT2D eigenvalue weighted by Gasteiger charge is -2.29. The van der Waals surface area contributed by atoms with Gasteiger partial charge in [0.2, 0.25) is 0 Å². The van der Waals surface area contributed by atoms with E-state index >= 15 is 0 Å². The number of aryl methyl sites for hydroxylation is 1. The first-order chi connectivity index (χ1) is 7.75. The first kappa shape index (κ1) is 11.4. The second kappa shape index (κ2) is 5.30. The van der Waals surface area contributed by atoms with Gasteiger partial charge >= 0.3 is 0 Å². The van der Waals surface area contributed by atoms with Gasteiger partial charge in [-0.3, -0.25) is 4.98 Å². The molecule has 3 nitrogen and oxygen atoms in total. The summed E-state index contributed by atoms with van der Waals surface area (Å²) in [4.78, 5) is 4.20. The van der Waals surface area contributed by atoms with E-state index in [-0.39, 0.29) is 0 Å². The van der Waals surface area contributed by atoms with Crippen LogP contribution in [0.1, 0.15) is 25.3 Å². The predicted molar refractivity (Wildman–Crippen MR) is 65.6 cm³/mol. The lowest BCUT2D eigenvalue weighted by Crippen LogP contribution is -2.31. The van der Waals surface area contributed by atoms with E-state index in [4.69, 9.17) is 4.74 Å². The minimum absolute atomic E-state index is 0.493. The van der Waals surface area contributed by atoms with Crippen molar-refractivity contribution in [3.63, 3.8) is 0 Å². The molecule has 0 bridgehead atoms. The predicted octanol–water partition coefficient (Wildman–Crippen LogP) is 2.62. The molecule has 0 aliphatic carbocycles. The van der Waals surface area contributed by atoms with Crippen molar-refractivity contribution in [2.75, 3.05) is 18.5 Å². The van der Waals surface area contributed by atoms with Crippen LogP contribution in [-0.4, -0.2) is 24.2 Å². The third-order valence-corrected chi connectivity index (χ3v) is 3.24. The highest BCUT2D eigenvalue weighted by Gasteiger charge is 2.20. The van der Waals surface area contributed by atoms with Gasteiger partial charge in [0.25, 0.3) is 0 Å². The Hall–Kier alpha value is -1.09. The maximum absolute atomic E-state index is 5.38. The molecule has 88 valence electrons. The fraction of sp³-hybridized carbons (Fsp3) is 0.615. The number of hydrogen-bond acceptors (Lipinski definition) is 3. The zero-order valence-electron chi connectivity index (χ0n) is 10.1. The maximum Gasteiger partial charge on any atom is 0.0531 e. The summed E-state index contributed by atoms with van der Waals surface area (Å²) in [5, 5.41) is 3.53. The number of rotatable bonds is 3. The molecule has 0 amide bonds. The largest absolute Gasteiger partial charge is 0.381 e. The van der Waals surface area contributed by atoms with Crippen molar-refractivity contribution in [2.45, 2.75) is 32.7 Å². The van der Waals surface area contributed by atoms with Crippen LogP contribution in [0, 0.1) is 12.8 Å². The van der Waals surface area contributed by atoms with Gasteiger partial charge in [-0.2, -0.15) is 0 Å². The highest BCUT2D eigenvalue weighted by molar-refractivity contribution is 5.43. The van der Waals surface area contributed by atoms with E-state index in [9.17, 15) is 0 Å². The molecule has 1 atom stereocenters. The molecule has 1 aliphatic rings. The first-order valence-corrected chi connectivity index (χ1v) is 6.01. The lowest BCUT2D eigenvalue weighted by molar-refractivity contribution is 0.0622. The Morgan fingerprint density at radius 3 is 2.81 bits per heavy atom. The van der Waals surface area contributed by atoms with Crippen LogP contribution in [0.4, 0.5) is 5.69 Å². The minimum atomic E-state index is 0.493. The monoisotopic (exact) mass is 220 g/mol. The van der Waals surface area contributed by atoms with Crippen molar-refractivity contribution in [3.8, 4) is 0 Å². The Labute approximate surface area is 97.2 Å². The lowest BCUT2D eigenvalue weighted by atomic mass is 9.93. The Bertz CT molecular complexity index is 334. The highest BCUT2D eigenvalue weighted by Crippen LogP contribution is 2.21. The Morgan fingerprint density at radius 1 is 1.38 bits per heavy atom. The number of anilines is 1. The molecule has 0 radical (unpaired) electrons. The van der Waals surface area contributed by atoms with Crippen LogP contribution < -0.4 is 5.32 Å². The minimum Gasteiger partial charge on any atom is -0.381 e. The molecule has 1 unspecified atom stereocenters. The van der Waals surface area contributed by atoms with Crippen LogP contribution in [0.15, 0.2) is 18.5 Å². The van der Waals surface area contributed by atoms with Crippen molar-refractivity contribution < 1.29 is 4.74 Å². The third kappa shape index (κ3) is 2.95.